The Morgan fingerprint density at radius 3 is 2.63 bits per heavy atom. The van der Waals surface area contributed by atoms with Crippen LogP contribution in [0.3, 0.4) is 0 Å². The molecule has 2 aliphatic rings. The molecule has 2 aliphatic heterocycles. The monoisotopic (exact) mass is 264 g/mol. The number of piperazine rings is 1. The van der Waals surface area contributed by atoms with E-state index in [1.165, 1.54) is 0 Å². The van der Waals surface area contributed by atoms with Crippen molar-refractivity contribution in [3.8, 4) is 0 Å². The third kappa shape index (κ3) is 2.79. The number of nitrogens with one attached hydrogen (secondary N) is 1. The Labute approximate surface area is 112 Å². The Hall–Kier alpha value is -1.40. The van der Waals surface area contributed by atoms with Crippen LogP contribution >= 0.6 is 0 Å². The highest BCUT2D eigenvalue weighted by molar-refractivity contribution is 5.92. The summed E-state index contributed by atoms with van der Waals surface area (Å²) in [6.07, 6.45) is 5.38. The van der Waals surface area contributed by atoms with Gasteiger partial charge in [0.1, 0.15) is 5.69 Å². The minimum atomic E-state index is 0.0594. The summed E-state index contributed by atoms with van der Waals surface area (Å²) >= 11 is 0. The number of hydrogen-bond donors (Lipinski definition) is 1. The number of hydrogen-bond acceptors (Lipinski definition) is 4. The normalized spacial score (nSPS) is 22.6. The minimum absolute atomic E-state index is 0.0594. The number of rotatable bonds is 2. The molecular weight excluding hydrogens is 244 g/mol. The molecule has 0 unspecified atom stereocenters. The van der Waals surface area contributed by atoms with Gasteiger partial charge < -0.3 is 14.6 Å². The maximum Gasteiger partial charge on any atom is 0.272 e. The summed E-state index contributed by atoms with van der Waals surface area (Å²) < 4.78 is 5.40. The van der Waals surface area contributed by atoms with Gasteiger partial charge >= 0.3 is 0 Å². The number of H-pyrrole nitrogens is 1. The molecule has 1 aromatic rings. The van der Waals surface area contributed by atoms with Crippen molar-refractivity contribution in [3.63, 3.8) is 0 Å². The van der Waals surface area contributed by atoms with Gasteiger partial charge in [-0.3, -0.25) is 9.69 Å². The smallest absolute Gasteiger partial charge is 0.272 e. The van der Waals surface area contributed by atoms with Crippen molar-refractivity contribution in [3.05, 3.63) is 18.2 Å². The molecule has 1 amide bonds. The molecule has 104 valence electrons. The second-order valence-corrected chi connectivity index (χ2v) is 5.14. The van der Waals surface area contributed by atoms with E-state index in [1.807, 2.05) is 4.90 Å². The number of imidazole rings is 1. The van der Waals surface area contributed by atoms with Gasteiger partial charge in [0.15, 0.2) is 0 Å². The average molecular weight is 264 g/mol. The van der Waals surface area contributed by atoms with E-state index in [0.717, 1.165) is 52.2 Å². The van der Waals surface area contributed by atoms with Crippen molar-refractivity contribution in [2.24, 2.45) is 0 Å². The lowest BCUT2D eigenvalue weighted by molar-refractivity contribution is 0.0136. The molecule has 0 saturated carbocycles. The zero-order valence-corrected chi connectivity index (χ0v) is 11.0. The quantitative estimate of drug-likeness (QED) is 0.837. The van der Waals surface area contributed by atoms with Crippen LogP contribution in [0.25, 0.3) is 0 Å². The van der Waals surface area contributed by atoms with Gasteiger partial charge in [-0.15, -0.1) is 0 Å². The molecule has 0 spiro atoms. The van der Waals surface area contributed by atoms with Crippen LogP contribution < -0.4 is 0 Å². The lowest BCUT2D eigenvalue weighted by atomic mass is 10.1. The number of carbonyl (C=O) groups excluding carboxylic acids is 1. The molecule has 1 N–H and O–H groups in total. The summed E-state index contributed by atoms with van der Waals surface area (Å²) in [4.78, 5) is 23.3. The zero-order chi connectivity index (χ0) is 13.1. The standard InChI is InChI=1S/C13H20N4O2/c18-13(12-9-14-10-15-12)17-5-3-16(4-6-17)11-1-7-19-8-2-11/h9-11H,1-8H2,(H,14,15). The van der Waals surface area contributed by atoms with Crippen LogP contribution in [0, 0.1) is 0 Å². The molecule has 2 saturated heterocycles. The molecular formula is C13H20N4O2. The highest BCUT2D eigenvalue weighted by Gasteiger charge is 2.27. The summed E-state index contributed by atoms with van der Waals surface area (Å²) in [5.41, 5.74) is 0.583. The number of aromatic nitrogens is 2. The average Bonchev–Trinajstić information content (AvgIpc) is 3.02. The molecule has 6 nitrogen and oxygen atoms in total. The fraction of sp³-hybridized carbons (Fsp3) is 0.692. The maximum atomic E-state index is 12.2. The topological polar surface area (TPSA) is 61.5 Å². The van der Waals surface area contributed by atoms with E-state index in [1.54, 1.807) is 12.5 Å². The van der Waals surface area contributed by atoms with Gasteiger partial charge in [-0.1, -0.05) is 0 Å². The van der Waals surface area contributed by atoms with Gasteiger partial charge in [0.25, 0.3) is 5.91 Å². The molecule has 0 bridgehead atoms. The van der Waals surface area contributed by atoms with E-state index in [4.69, 9.17) is 4.74 Å². The summed E-state index contributed by atoms with van der Waals surface area (Å²) in [6, 6.07) is 0.637. The molecule has 0 aliphatic carbocycles. The van der Waals surface area contributed by atoms with E-state index in [-0.39, 0.29) is 5.91 Å². The van der Waals surface area contributed by atoms with Crippen LogP contribution in [0.1, 0.15) is 23.3 Å². The maximum absolute atomic E-state index is 12.2. The lowest BCUT2D eigenvalue weighted by Crippen LogP contribution is -2.53. The van der Waals surface area contributed by atoms with E-state index < -0.39 is 0 Å². The molecule has 3 rings (SSSR count). The van der Waals surface area contributed by atoms with Crippen molar-refractivity contribution in [1.29, 1.82) is 0 Å². The van der Waals surface area contributed by atoms with E-state index in [2.05, 4.69) is 14.9 Å². The Morgan fingerprint density at radius 2 is 2.00 bits per heavy atom. The molecule has 0 radical (unpaired) electrons. The van der Waals surface area contributed by atoms with Crippen LogP contribution in [0.4, 0.5) is 0 Å². The molecule has 1 aromatic heterocycles. The fourth-order valence-corrected chi connectivity index (χ4v) is 2.88. The number of nitrogens with zero attached hydrogens (tertiary/aromatic N) is 3. The summed E-state index contributed by atoms with van der Waals surface area (Å²) in [7, 11) is 0. The van der Waals surface area contributed by atoms with Gasteiger partial charge in [0.2, 0.25) is 0 Å². The van der Waals surface area contributed by atoms with Crippen molar-refractivity contribution in [2.45, 2.75) is 18.9 Å². The van der Waals surface area contributed by atoms with Gasteiger partial charge in [-0.2, -0.15) is 0 Å². The number of ether oxygens (including phenoxy) is 1. The first-order valence-corrected chi connectivity index (χ1v) is 6.94. The second-order valence-electron chi connectivity index (χ2n) is 5.14. The highest BCUT2D eigenvalue weighted by atomic mass is 16.5. The van der Waals surface area contributed by atoms with Gasteiger partial charge in [-0.25, -0.2) is 4.98 Å². The first kappa shape index (κ1) is 12.6. The Kier molecular flexibility index (Phi) is 3.79. The molecule has 6 heteroatoms. The summed E-state index contributed by atoms with van der Waals surface area (Å²) in [6.45, 7) is 5.27. The lowest BCUT2D eigenvalue weighted by Gasteiger charge is -2.40. The number of amides is 1. The van der Waals surface area contributed by atoms with E-state index >= 15 is 0 Å². The highest BCUT2D eigenvalue weighted by Crippen LogP contribution is 2.17. The van der Waals surface area contributed by atoms with Gasteiger partial charge in [0.05, 0.1) is 12.5 Å². The second kappa shape index (κ2) is 5.71. The Morgan fingerprint density at radius 1 is 1.26 bits per heavy atom. The van der Waals surface area contributed by atoms with Crippen LogP contribution in [-0.2, 0) is 4.74 Å². The first-order valence-electron chi connectivity index (χ1n) is 6.94. The van der Waals surface area contributed by atoms with E-state index in [0.29, 0.717) is 11.7 Å². The SMILES string of the molecule is O=C(c1cnc[nH]1)N1CCN(C2CCOCC2)CC1. The van der Waals surface area contributed by atoms with Crippen LogP contribution in [0.5, 0.6) is 0 Å². The van der Waals surface area contributed by atoms with Crippen molar-refractivity contribution >= 4 is 5.91 Å². The van der Waals surface area contributed by atoms with Crippen LogP contribution in [0.15, 0.2) is 12.5 Å². The number of carbonyl (C=O) groups is 1. The molecule has 0 atom stereocenters. The predicted octanol–water partition coefficient (Wildman–Crippen LogP) is 0.346. The first-order chi connectivity index (χ1) is 9.34. The van der Waals surface area contributed by atoms with Crippen LogP contribution in [-0.4, -0.2) is 71.1 Å². The fourth-order valence-electron chi connectivity index (χ4n) is 2.88. The van der Waals surface area contributed by atoms with Gasteiger partial charge in [-0.05, 0) is 12.8 Å². The van der Waals surface area contributed by atoms with Gasteiger partial charge in [0, 0.05) is 45.4 Å². The Balaban J connectivity index is 1.53. The Bertz CT molecular complexity index is 406. The van der Waals surface area contributed by atoms with E-state index in [9.17, 15) is 4.79 Å². The molecule has 0 aromatic carbocycles. The molecule has 2 fully saturated rings. The summed E-state index contributed by atoms with van der Waals surface area (Å²) in [5, 5.41) is 0. The van der Waals surface area contributed by atoms with Crippen LogP contribution in [0.2, 0.25) is 0 Å². The van der Waals surface area contributed by atoms with Crippen molar-refractivity contribution in [2.75, 3.05) is 39.4 Å². The molecule has 19 heavy (non-hydrogen) atoms. The van der Waals surface area contributed by atoms with Crippen molar-refractivity contribution < 1.29 is 9.53 Å². The predicted molar refractivity (Wildman–Crippen MR) is 69.9 cm³/mol. The molecule has 3 heterocycles. The largest absolute Gasteiger partial charge is 0.381 e. The third-order valence-electron chi connectivity index (χ3n) is 4.04. The third-order valence-corrected chi connectivity index (χ3v) is 4.04. The summed E-state index contributed by atoms with van der Waals surface area (Å²) in [5.74, 6) is 0.0594. The van der Waals surface area contributed by atoms with Crippen molar-refractivity contribution in [1.82, 2.24) is 19.8 Å². The minimum Gasteiger partial charge on any atom is -0.381 e. The zero-order valence-electron chi connectivity index (χ0n) is 11.0. The number of aromatic amines is 1.